The second kappa shape index (κ2) is 15.0. The maximum Gasteiger partial charge on any atom is 0.0645 e. The normalized spacial score (nSPS) is 12.1. The van der Waals surface area contributed by atoms with E-state index in [1.165, 1.54) is 16.2 Å². The first kappa shape index (κ1) is 29.8. The van der Waals surface area contributed by atoms with Gasteiger partial charge in [0.1, 0.15) is 0 Å². The number of fused-ring (bicyclic) bond motifs is 2. The zero-order valence-corrected chi connectivity index (χ0v) is 31.2. The van der Waals surface area contributed by atoms with Gasteiger partial charge in [-0.05, 0) is 126 Å². The van der Waals surface area contributed by atoms with Crippen molar-refractivity contribution in [2.75, 3.05) is 4.90 Å². The van der Waals surface area contributed by atoms with Crippen molar-refractivity contribution >= 4 is 38.6 Å². The van der Waals surface area contributed by atoms with E-state index in [-0.39, 0.29) is 35.4 Å². The molecule has 0 saturated carbocycles. The lowest BCUT2D eigenvalue weighted by Gasteiger charge is -2.26. The van der Waals surface area contributed by atoms with Crippen molar-refractivity contribution in [2.45, 2.75) is 0 Å². The summed E-state index contributed by atoms with van der Waals surface area (Å²) in [6.07, 6.45) is 0. The van der Waals surface area contributed by atoms with Crippen LogP contribution in [-0.4, -0.2) is 0 Å². The van der Waals surface area contributed by atoms with Gasteiger partial charge >= 0.3 is 0 Å². The Morgan fingerprint density at radius 1 is 0.281 bits per heavy atom. The summed E-state index contributed by atoms with van der Waals surface area (Å²) in [6.45, 7) is 0. The Morgan fingerprint density at radius 3 is 1.47 bits per heavy atom. The molecule has 0 amide bonds. The molecule has 0 heterocycles. The number of nitrogens with zero attached hydrogens (tertiary/aromatic N) is 1. The molecule has 0 N–H and O–H groups in total. The van der Waals surface area contributed by atoms with Gasteiger partial charge in [0.05, 0.1) is 5.48 Å². The molecular weight excluding hydrogens is 687 g/mol. The third kappa shape index (κ3) is 6.77. The summed E-state index contributed by atoms with van der Waals surface area (Å²) < 4.78 is 38.0. The van der Waals surface area contributed by atoms with Crippen LogP contribution in [-0.2, 0) is 0 Å². The second-order valence-corrected chi connectivity index (χ2v) is 14.2. The zero-order chi connectivity index (χ0) is 41.5. The summed E-state index contributed by atoms with van der Waals surface area (Å²) in [6, 6.07) is 71.5. The maximum absolute atomic E-state index is 9.57. The largest absolute Gasteiger partial charge is 0.311 e. The molecule has 0 spiro atoms. The molecule has 10 aromatic rings. The quantitative estimate of drug-likeness (QED) is 0.151. The van der Waals surface area contributed by atoms with Crippen molar-refractivity contribution in [3.05, 3.63) is 236 Å². The Morgan fingerprint density at radius 2 is 0.772 bits per heavy atom. The molecule has 1 nitrogen and oxygen atoms in total. The number of anilines is 3. The molecule has 10 aromatic carbocycles. The van der Waals surface area contributed by atoms with Gasteiger partial charge in [-0.15, -0.1) is 0 Å². The molecule has 57 heavy (non-hydrogen) atoms. The van der Waals surface area contributed by atoms with Gasteiger partial charge in [-0.25, -0.2) is 0 Å². The van der Waals surface area contributed by atoms with Crippen molar-refractivity contribution in [1.29, 1.82) is 0 Å². The highest BCUT2D eigenvalue weighted by Gasteiger charge is 2.16. The van der Waals surface area contributed by atoms with Crippen molar-refractivity contribution < 1.29 is 5.48 Å². The van der Waals surface area contributed by atoms with E-state index in [1.54, 1.807) is 0 Å². The highest BCUT2D eigenvalue weighted by atomic mass is 15.1. The molecule has 0 aromatic heterocycles. The minimum absolute atomic E-state index is 0.0979. The van der Waals surface area contributed by atoms with Gasteiger partial charge in [-0.2, -0.15) is 0 Å². The fourth-order valence-corrected chi connectivity index (χ4v) is 7.84. The minimum atomic E-state index is -0.121. The fraction of sp³-hybridized carbons (Fsp3) is 0. The molecule has 0 saturated heterocycles. The maximum atomic E-state index is 9.57. The van der Waals surface area contributed by atoms with Gasteiger partial charge in [-0.1, -0.05) is 188 Å². The van der Waals surface area contributed by atoms with Gasteiger partial charge in [0, 0.05) is 17.1 Å². The topological polar surface area (TPSA) is 3.24 Å². The predicted molar refractivity (Wildman–Crippen MR) is 243 cm³/mol. The zero-order valence-electron chi connectivity index (χ0n) is 35.2. The fourth-order valence-electron chi connectivity index (χ4n) is 7.84. The summed E-state index contributed by atoms with van der Waals surface area (Å²) in [5, 5.41) is 4.67. The average Bonchev–Trinajstić information content (AvgIpc) is 3.32. The van der Waals surface area contributed by atoms with Crippen LogP contribution in [0.2, 0.25) is 0 Å². The third-order valence-corrected chi connectivity index (χ3v) is 10.7. The molecule has 0 bridgehead atoms. The van der Waals surface area contributed by atoms with E-state index >= 15 is 0 Å². The molecule has 0 radical (unpaired) electrons. The minimum Gasteiger partial charge on any atom is -0.311 e. The average molecular weight is 730 g/mol. The van der Waals surface area contributed by atoms with E-state index in [4.69, 9.17) is 0 Å². The first-order valence-electron chi connectivity index (χ1n) is 21.3. The lowest BCUT2D eigenvalue weighted by atomic mass is 9.90. The van der Waals surface area contributed by atoms with Crippen molar-refractivity contribution in [1.82, 2.24) is 0 Å². The number of hydrogen-bond acceptors (Lipinski definition) is 1. The summed E-state index contributed by atoms with van der Waals surface area (Å²) in [5.41, 5.74) is 11.0. The first-order chi connectivity index (χ1) is 29.9. The smallest absolute Gasteiger partial charge is 0.0645 e. The van der Waals surface area contributed by atoms with Gasteiger partial charge < -0.3 is 4.90 Å². The van der Waals surface area contributed by atoms with Crippen LogP contribution in [0.1, 0.15) is 5.48 Å². The van der Waals surface area contributed by atoms with Crippen molar-refractivity contribution in [3.8, 4) is 55.6 Å². The van der Waals surface area contributed by atoms with Gasteiger partial charge in [-0.3, -0.25) is 0 Å². The third-order valence-electron chi connectivity index (χ3n) is 10.7. The number of hydrogen-bond donors (Lipinski definition) is 0. The SMILES string of the molecule is [2H]c1c([2H])c(N(c2ccc(-c3ccc4ccccc4c3)cc2)c2ccc(-c3ccc4ccccc4c3-c3ccccc3)cc2)c([2H])c([2H])c1-c1cccc(-c2ccccc2)c1. The van der Waals surface area contributed by atoms with E-state index in [1.807, 2.05) is 102 Å². The number of benzene rings is 10. The molecule has 0 aliphatic carbocycles. The molecule has 0 atom stereocenters. The second-order valence-electron chi connectivity index (χ2n) is 14.2. The van der Waals surface area contributed by atoms with Gasteiger partial charge in [0.2, 0.25) is 0 Å². The van der Waals surface area contributed by atoms with Gasteiger partial charge in [0.25, 0.3) is 0 Å². The molecular formula is C56H39N. The Balaban J connectivity index is 1.11. The summed E-state index contributed by atoms with van der Waals surface area (Å²) in [5.74, 6) is 0. The van der Waals surface area contributed by atoms with Crippen LogP contribution >= 0.6 is 0 Å². The summed E-state index contributed by atoms with van der Waals surface area (Å²) in [7, 11) is 0. The number of rotatable bonds is 8. The van der Waals surface area contributed by atoms with E-state index < -0.39 is 0 Å². The molecule has 0 fully saturated rings. The van der Waals surface area contributed by atoms with Crippen LogP contribution < -0.4 is 4.90 Å². The Labute approximate surface area is 340 Å². The summed E-state index contributed by atoms with van der Waals surface area (Å²) >= 11 is 0. The molecule has 268 valence electrons. The van der Waals surface area contributed by atoms with E-state index in [0.717, 1.165) is 49.9 Å². The standard InChI is InChI=1S/C56H39N/c1-3-12-40(13-4-1)48-19-11-20-49(38-48)42-24-31-51(32-25-42)57(52-33-26-43(27-34-52)50-23-22-41-14-7-8-18-47(41)39-50)53-35-28-45(29-36-53)55-37-30-44-15-9-10-21-54(44)56(55)46-16-5-2-6-17-46/h1-39H/i24D,25D,31D,32D. The van der Waals surface area contributed by atoms with E-state index in [9.17, 15) is 5.48 Å². The molecule has 1 heteroatoms. The summed E-state index contributed by atoms with van der Waals surface area (Å²) in [4.78, 5) is 1.86. The van der Waals surface area contributed by atoms with Crippen LogP contribution in [0.25, 0.3) is 77.2 Å². The molecule has 10 rings (SSSR count). The van der Waals surface area contributed by atoms with Crippen LogP contribution in [0, 0.1) is 0 Å². The van der Waals surface area contributed by atoms with E-state index in [0.29, 0.717) is 16.9 Å². The molecule has 0 aliphatic heterocycles. The van der Waals surface area contributed by atoms with E-state index in [2.05, 4.69) is 115 Å². The highest BCUT2D eigenvalue weighted by molar-refractivity contribution is 6.04. The Kier molecular flexibility index (Phi) is 7.84. The first-order valence-corrected chi connectivity index (χ1v) is 19.3. The molecule has 0 aliphatic rings. The van der Waals surface area contributed by atoms with Crippen LogP contribution in [0.4, 0.5) is 17.1 Å². The predicted octanol–water partition coefficient (Wildman–Crippen LogP) is 15.8. The van der Waals surface area contributed by atoms with Crippen LogP contribution in [0.15, 0.2) is 236 Å². The van der Waals surface area contributed by atoms with Gasteiger partial charge in [0.15, 0.2) is 0 Å². The Bertz CT molecular complexity index is 3190. The lowest BCUT2D eigenvalue weighted by Crippen LogP contribution is -2.09. The van der Waals surface area contributed by atoms with Crippen LogP contribution in [0.3, 0.4) is 0 Å². The monoisotopic (exact) mass is 729 g/mol. The molecule has 0 unspecified atom stereocenters. The van der Waals surface area contributed by atoms with Crippen LogP contribution in [0.5, 0.6) is 0 Å². The highest BCUT2D eigenvalue weighted by Crippen LogP contribution is 2.41. The lowest BCUT2D eigenvalue weighted by molar-refractivity contribution is 1.28. The Hall–Kier alpha value is -7.48. The van der Waals surface area contributed by atoms with Crippen molar-refractivity contribution in [2.24, 2.45) is 0 Å². The van der Waals surface area contributed by atoms with Crippen molar-refractivity contribution in [3.63, 3.8) is 0 Å².